The van der Waals surface area contributed by atoms with Gasteiger partial charge in [0, 0.05) is 5.75 Å². The van der Waals surface area contributed by atoms with Crippen LogP contribution in [0.2, 0.25) is 0 Å². The van der Waals surface area contributed by atoms with E-state index in [0.717, 1.165) is 0 Å². The van der Waals surface area contributed by atoms with E-state index in [2.05, 4.69) is 0 Å². The molecule has 0 aliphatic carbocycles. The fraction of sp³-hybridized carbons (Fsp3) is 0.900. The van der Waals surface area contributed by atoms with Crippen molar-refractivity contribution >= 4 is 17.7 Å². The first-order valence-electron chi connectivity index (χ1n) is 4.62. The molecule has 0 amide bonds. The van der Waals surface area contributed by atoms with Crippen molar-refractivity contribution in [2.24, 2.45) is 0 Å². The third kappa shape index (κ3) is 9.86. The summed E-state index contributed by atoms with van der Waals surface area (Å²) in [6.07, 6.45) is 0. The molecule has 3 nitrogen and oxygen atoms in total. The smallest absolute Gasteiger partial charge is 0.316 e. The first-order valence-corrected chi connectivity index (χ1v) is 5.78. The third-order valence-electron chi connectivity index (χ3n) is 1.10. The molecule has 0 atom stereocenters. The van der Waals surface area contributed by atoms with Crippen LogP contribution in [-0.2, 0) is 9.53 Å². The van der Waals surface area contributed by atoms with E-state index in [1.807, 2.05) is 20.8 Å². The SMILES string of the molecule is CC(C)(O)CSCC(=O)OC(C)(C)C. The molecule has 0 radical (unpaired) electrons. The Morgan fingerprint density at radius 3 is 2.14 bits per heavy atom. The molecular weight excluding hydrogens is 200 g/mol. The van der Waals surface area contributed by atoms with Gasteiger partial charge in [-0.3, -0.25) is 4.79 Å². The van der Waals surface area contributed by atoms with Gasteiger partial charge in [-0.25, -0.2) is 0 Å². The number of hydrogen-bond donors (Lipinski definition) is 1. The molecule has 0 aromatic heterocycles. The monoisotopic (exact) mass is 220 g/mol. The highest BCUT2D eigenvalue weighted by Gasteiger charge is 2.18. The van der Waals surface area contributed by atoms with Gasteiger partial charge in [0.25, 0.3) is 0 Å². The van der Waals surface area contributed by atoms with Gasteiger partial charge in [-0.2, -0.15) is 0 Å². The van der Waals surface area contributed by atoms with Crippen LogP contribution in [0.15, 0.2) is 0 Å². The van der Waals surface area contributed by atoms with Gasteiger partial charge >= 0.3 is 5.97 Å². The number of aliphatic hydroxyl groups is 1. The minimum absolute atomic E-state index is 0.230. The molecule has 0 spiro atoms. The minimum Gasteiger partial charge on any atom is -0.459 e. The molecule has 0 saturated carbocycles. The minimum atomic E-state index is -0.729. The lowest BCUT2D eigenvalue weighted by atomic mass is 10.2. The summed E-state index contributed by atoms with van der Waals surface area (Å²) in [6, 6.07) is 0. The number of esters is 1. The Morgan fingerprint density at radius 2 is 1.79 bits per heavy atom. The van der Waals surface area contributed by atoms with Gasteiger partial charge in [0.15, 0.2) is 0 Å². The Hall–Kier alpha value is -0.220. The Kier molecular flexibility index (Phi) is 4.95. The second-order valence-corrected chi connectivity index (χ2v) is 5.88. The van der Waals surface area contributed by atoms with Crippen LogP contribution < -0.4 is 0 Å². The topological polar surface area (TPSA) is 46.5 Å². The molecular formula is C10H20O3S. The van der Waals surface area contributed by atoms with Crippen molar-refractivity contribution in [2.45, 2.75) is 45.8 Å². The Bertz CT molecular complexity index is 189. The zero-order valence-corrected chi connectivity index (χ0v) is 10.4. The predicted molar refractivity (Wildman–Crippen MR) is 59.5 cm³/mol. The third-order valence-corrected chi connectivity index (χ3v) is 2.45. The van der Waals surface area contributed by atoms with Crippen LogP contribution in [-0.4, -0.2) is 33.8 Å². The standard InChI is InChI=1S/C10H20O3S/c1-9(2,3)13-8(11)6-14-7-10(4,5)12/h12H,6-7H2,1-5H3. The number of thioether (sulfide) groups is 1. The van der Waals surface area contributed by atoms with Gasteiger partial charge in [0.1, 0.15) is 5.60 Å². The normalized spacial score (nSPS) is 12.7. The largest absolute Gasteiger partial charge is 0.459 e. The van der Waals surface area contributed by atoms with Crippen LogP contribution in [0.1, 0.15) is 34.6 Å². The molecule has 0 fully saturated rings. The van der Waals surface area contributed by atoms with Crippen LogP contribution in [0, 0.1) is 0 Å². The van der Waals surface area contributed by atoms with E-state index in [-0.39, 0.29) is 5.97 Å². The maximum Gasteiger partial charge on any atom is 0.316 e. The quantitative estimate of drug-likeness (QED) is 0.734. The van der Waals surface area contributed by atoms with Crippen molar-refractivity contribution in [1.29, 1.82) is 0 Å². The van der Waals surface area contributed by atoms with E-state index in [1.165, 1.54) is 11.8 Å². The summed E-state index contributed by atoms with van der Waals surface area (Å²) in [7, 11) is 0. The van der Waals surface area contributed by atoms with Crippen molar-refractivity contribution in [2.75, 3.05) is 11.5 Å². The van der Waals surface area contributed by atoms with E-state index in [4.69, 9.17) is 4.74 Å². The first kappa shape index (κ1) is 13.8. The molecule has 0 heterocycles. The lowest BCUT2D eigenvalue weighted by Gasteiger charge is -2.20. The van der Waals surface area contributed by atoms with Gasteiger partial charge in [-0.1, -0.05) is 0 Å². The highest BCUT2D eigenvalue weighted by Crippen LogP contribution is 2.14. The lowest BCUT2D eigenvalue weighted by molar-refractivity contribution is -0.151. The van der Waals surface area contributed by atoms with E-state index in [1.54, 1.807) is 13.8 Å². The maximum atomic E-state index is 11.2. The van der Waals surface area contributed by atoms with Crippen molar-refractivity contribution in [1.82, 2.24) is 0 Å². The zero-order valence-electron chi connectivity index (χ0n) is 9.59. The van der Waals surface area contributed by atoms with Crippen LogP contribution >= 0.6 is 11.8 Å². The highest BCUT2D eigenvalue weighted by atomic mass is 32.2. The van der Waals surface area contributed by atoms with Crippen LogP contribution in [0.3, 0.4) is 0 Å². The number of carbonyl (C=O) groups is 1. The van der Waals surface area contributed by atoms with E-state index in [0.29, 0.717) is 11.5 Å². The van der Waals surface area contributed by atoms with Gasteiger partial charge in [0.05, 0.1) is 11.4 Å². The lowest BCUT2D eigenvalue weighted by Crippen LogP contribution is -2.27. The molecule has 4 heteroatoms. The van der Waals surface area contributed by atoms with Crippen LogP contribution in [0.25, 0.3) is 0 Å². The zero-order chi connectivity index (χ0) is 11.4. The van der Waals surface area contributed by atoms with Crippen molar-refractivity contribution < 1.29 is 14.6 Å². The summed E-state index contributed by atoms with van der Waals surface area (Å²) in [5.41, 5.74) is -1.15. The average Bonchev–Trinajstić information content (AvgIpc) is 1.78. The van der Waals surface area contributed by atoms with Crippen molar-refractivity contribution in [3.63, 3.8) is 0 Å². The first-order chi connectivity index (χ1) is 6.10. The maximum absolute atomic E-state index is 11.2. The molecule has 0 aromatic rings. The molecule has 0 bridgehead atoms. The molecule has 1 N–H and O–H groups in total. The fourth-order valence-electron chi connectivity index (χ4n) is 0.755. The predicted octanol–water partition coefficient (Wildman–Crippen LogP) is 1.83. The molecule has 0 rings (SSSR count). The number of carbonyl (C=O) groups excluding carboxylic acids is 1. The number of rotatable bonds is 4. The van der Waals surface area contributed by atoms with Crippen molar-refractivity contribution in [3.8, 4) is 0 Å². The number of hydrogen-bond acceptors (Lipinski definition) is 4. The summed E-state index contributed by atoms with van der Waals surface area (Å²) in [5, 5.41) is 9.39. The van der Waals surface area contributed by atoms with Crippen LogP contribution in [0.4, 0.5) is 0 Å². The Morgan fingerprint density at radius 1 is 1.29 bits per heavy atom. The summed E-state index contributed by atoms with van der Waals surface area (Å²) in [5.74, 6) is 0.597. The molecule has 0 saturated heterocycles. The highest BCUT2D eigenvalue weighted by molar-refractivity contribution is 8.00. The molecule has 84 valence electrons. The molecule has 0 aliphatic heterocycles. The molecule has 14 heavy (non-hydrogen) atoms. The van der Waals surface area contributed by atoms with Crippen molar-refractivity contribution in [3.05, 3.63) is 0 Å². The fourth-order valence-corrected chi connectivity index (χ4v) is 1.58. The second kappa shape index (κ2) is 5.03. The van der Waals surface area contributed by atoms with Gasteiger partial charge in [-0.15, -0.1) is 11.8 Å². The molecule has 0 aliphatic rings. The second-order valence-electron chi connectivity index (χ2n) is 4.89. The Balaban J connectivity index is 3.66. The van der Waals surface area contributed by atoms with E-state index < -0.39 is 11.2 Å². The van der Waals surface area contributed by atoms with Gasteiger partial charge < -0.3 is 9.84 Å². The molecule has 0 aromatic carbocycles. The van der Waals surface area contributed by atoms with Gasteiger partial charge in [0.2, 0.25) is 0 Å². The van der Waals surface area contributed by atoms with Gasteiger partial charge in [-0.05, 0) is 34.6 Å². The van der Waals surface area contributed by atoms with E-state index in [9.17, 15) is 9.90 Å². The van der Waals surface area contributed by atoms with E-state index >= 15 is 0 Å². The summed E-state index contributed by atoms with van der Waals surface area (Å²) in [4.78, 5) is 11.2. The summed E-state index contributed by atoms with van der Waals surface area (Å²) in [6.45, 7) is 8.95. The number of ether oxygens (including phenoxy) is 1. The molecule has 0 unspecified atom stereocenters. The Labute approximate surface area is 90.2 Å². The summed E-state index contributed by atoms with van der Waals surface area (Å²) >= 11 is 1.38. The average molecular weight is 220 g/mol. The van der Waals surface area contributed by atoms with Crippen LogP contribution in [0.5, 0.6) is 0 Å². The summed E-state index contributed by atoms with van der Waals surface area (Å²) < 4.78 is 5.11.